The van der Waals surface area contributed by atoms with Crippen molar-refractivity contribution in [2.75, 3.05) is 4.90 Å². The van der Waals surface area contributed by atoms with E-state index < -0.39 is 0 Å². The van der Waals surface area contributed by atoms with Gasteiger partial charge in [-0.2, -0.15) is 0 Å². The topological polar surface area (TPSA) is 16.4 Å². The van der Waals surface area contributed by atoms with Gasteiger partial charge in [-0.15, -0.1) is 0 Å². The zero-order valence-corrected chi connectivity index (χ0v) is 33.9. The quantitative estimate of drug-likeness (QED) is 0.160. The molecule has 0 spiro atoms. The molecule has 0 unspecified atom stereocenters. The van der Waals surface area contributed by atoms with Crippen LogP contribution in [0, 0.1) is 0 Å². The predicted molar refractivity (Wildman–Crippen MR) is 263 cm³/mol. The number of fused-ring (bicyclic) bond motifs is 7. The lowest BCUT2D eigenvalue weighted by Gasteiger charge is -2.28. The summed E-state index contributed by atoms with van der Waals surface area (Å²) in [5.74, 6) is 0. The average Bonchev–Trinajstić information content (AvgIpc) is 3.73. The van der Waals surface area contributed by atoms with Crippen LogP contribution in [0.25, 0.3) is 98.8 Å². The van der Waals surface area contributed by atoms with Crippen LogP contribution in [0.1, 0.15) is 0 Å². The minimum atomic E-state index is 0.897. The third-order valence-corrected chi connectivity index (χ3v) is 12.4. The summed E-state index contributed by atoms with van der Waals surface area (Å²) in [5, 5.41) is 9.48. The maximum absolute atomic E-state index is 6.53. The van der Waals surface area contributed by atoms with Gasteiger partial charge in [0.05, 0.1) is 5.69 Å². The van der Waals surface area contributed by atoms with E-state index in [4.69, 9.17) is 4.42 Å². The van der Waals surface area contributed by atoms with E-state index in [1.165, 1.54) is 54.9 Å². The minimum Gasteiger partial charge on any atom is -0.455 e. The molecule has 12 rings (SSSR count). The Hall–Kier alpha value is -8.20. The summed E-state index contributed by atoms with van der Waals surface area (Å²) in [7, 11) is 0. The molecule has 2 nitrogen and oxygen atoms in total. The number of anilines is 3. The molecular formula is C60H39NO. The van der Waals surface area contributed by atoms with Gasteiger partial charge in [0.1, 0.15) is 11.2 Å². The zero-order valence-electron chi connectivity index (χ0n) is 33.9. The van der Waals surface area contributed by atoms with Crippen molar-refractivity contribution in [1.82, 2.24) is 0 Å². The predicted octanol–water partition coefficient (Wildman–Crippen LogP) is 17.2. The standard InChI is InChI=1S/C60H39NO/c1-2-15-44-37-46(28-27-40(44)13-1)42-31-35-49(36-32-42)61(48-33-29-41(30-34-48)45-17-11-18-47(38-45)51-24-12-16-43-14-3-4-19-50(43)51)58-25-9-7-21-53(58)56-39-57-54-22-8-10-26-59(54)62-60(57)55-23-6-5-20-52(55)56/h1-39H. The first kappa shape index (κ1) is 35.7. The van der Waals surface area contributed by atoms with Crippen molar-refractivity contribution in [3.8, 4) is 44.5 Å². The van der Waals surface area contributed by atoms with Crippen molar-refractivity contribution >= 4 is 71.3 Å². The molecule has 0 saturated heterocycles. The molecule has 2 heteroatoms. The van der Waals surface area contributed by atoms with Gasteiger partial charge < -0.3 is 9.32 Å². The van der Waals surface area contributed by atoms with Crippen LogP contribution in [0.2, 0.25) is 0 Å². The molecule has 0 saturated carbocycles. The van der Waals surface area contributed by atoms with E-state index in [9.17, 15) is 0 Å². The van der Waals surface area contributed by atoms with E-state index in [0.29, 0.717) is 0 Å². The summed E-state index contributed by atoms with van der Waals surface area (Å²) >= 11 is 0. The Kier molecular flexibility index (Phi) is 8.53. The zero-order chi connectivity index (χ0) is 41.0. The molecule has 0 radical (unpaired) electrons. The van der Waals surface area contributed by atoms with Gasteiger partial charge in [0.15, 0.2) is 0 Å². The summed E-state index contributed by atoms with van der Waals surface area (Å²) in [5.41, 5.74) is 14.5. The molecule has 0 aliphatic rings. The highest BCUT2D eigenvalue weighted by Gasteiger charge is 2.21. The van der Waals surface area contributed by atoms with Crippen molar-refractivity contribution in [2.24, 2.45) is 0 Å². The van der Waals surface area contributed by atoms with Crippen molar-refractivity contribution < 1.29 is 4.42 Å². The number of nitrogens with zero attached hydrogens (tertiary/aromatic N) is 1. The van der Waals surface area contributed by atoms with Gasteiger partial charge in [-0.1, -0.05) is 182 Å². The fraction of sp³-hybridized carbons (Fsp3) is 0. The van der Waals surface area contributed by atoms with Gasteiger partial charge in [0.25, 0.3) is 0 Å². The fourth-order valence-corrected chi connectivity index (χ4v) is 9.41. The highest BCUT2D eigenvalue weighted by molar-refractivity contribution is 6.20. The number of furan rings is 1. The molecule has 62 heavy (non-hydrogen) atoms. The summed E-state index contributed by atoms with van der Waals surface area (Å²) in [6, 6.07) is 85.5. The molecule has 0 fully saturated rings. The largest absolute Gasteiger partial charge is 0.455 e. The number of para-hydroxylation sites is 2. The van der Waals surface area contributed by atoms with Crippen LogP contribution in [-0.2, 0) is 0 Å². The van der Waals surface area contributed by atoms with E-state index in [-0.39, 0.29) is 0 Å². The van der Waals surface area contributed by atoms with Gasteiger partial charge in [-0.25, -0.2) is 0 Å². The lowest BCUT2D eigenvalue weighted by Crippen LogP contribution is -2.11. The van der Waals surface area contributed by atoms with Crippen molar-refractivity contribution in [3.05, 3.63) is 237 Å². The first-order valence-electron chi connectivity index (χ1n) is 21.2. The third kappa shape index (κ3) is 6.12. The van der Waals surface area contributed by atoms with E-state index in [1.807, 2.05) is 6.07 Å². The van der Waals surface area contributed by atoms with E-state index >= 15 is 0 Å². The van der Waals surface area contributed by atoms with Crippen molar-refractivity contribution in [3.63, 3.8) is 0 Å². The Morgan fingerprint density at radius 3 is 1.61 bits per heavy atom. The average molecular weight is 790 g/mol. The molecule has 1 aromatic heterocycles. The molecule has 290 valence electrons. The molecule has 0 amide bonds. The molecule has 11 aromatic carbocycles. The second-order valence-corrected chi connectivity index (χ2v) is 16.1. The van der Waals surface area contributed by atoms with Crippen LogP contribution in [0.4, 0.5) is 17.1 Å². The maximum atomic E-state index is 6.53. The van der Waals surface area contributed by atoms with Crippen molar-refractivity contribution in [2.45, 2.75) is 0 Å². The Morgan fingerprint density at radius 2 is 0.823 bits per heavy atom. The third-order valence-electron chi connectivity index (χ3n) is 12.4. The fourth-order valence-electron chi connectivity index (χ4n) is 9.41. The highest BCUT2D eigenvalue weighted by Crippen LogP contribution is 2.46. The second-order valence-electron chi connectivity index (χ2n) is 16.1. The number of hydrogen-bond donors (Lipinski definition) is 0. The van der Waals surface area contributed by atoms with E-state index in [0.717, 1.165) is 60.9 Å². The molecule has 0 aliphatic carbocycles. The van der Waals surface area contributed by atoms with Gasteiger partial charge in [0, 0.05) is 33.1 Å². The van der Waals surface area contributed by atoms with Crippen LogP contribution >= 0.6 is 0 Å². The number of rotatable bonds is 7. The summed E-state index contributed by atoms with van der Waals surface area (Å²) in [6.45, 7) is 0. The Bertz CT molecular complexity index is 3630. The van der Waals surface area contributed by atoms with Crippen LogP contribution in [0.15, 0.2) is 241 Å². The second kappa shape index (κ2) is 14.8. The van der Waals surface area contributed by atoms with Crippen molar-refractivity contribution in [1.29, 1.82) is 0 Å². The lowest BCUT2D eigenvalue weighted by atomic mass is 9.93. The van der Waals surface area contributed by atoms with Gasteiger partial charge in [0.2, 0.25) is 0 Å². The minimum absolute atomic E-state index is 0.897. The maximum Gasteiger partial charge on any atom is 0.143 e. The van der Waals surface area contributed by atoms with Crippen LogP contribution in [0.3, 0.4) is 0 Å². The number of hydrogen-bond acceptors (Lipinski definition) is 2. The normalized spacial score (nSPS) is 11.5. The smallest absolute Gasteiger partial charge is 0.143 e. The first-order chi connectivity index (χ1) is 30.7. The highest BCUT2D eigenvalue weighted by atomic mass is 16.3. The molecule has 0 N–H and O–H groups in total. The van der Waals surface area contributed by atoms with E-state index in [2.05, 4.69) is 235 Å². The van der Waals surface area contributed by atoms with Crippen LogP contribution in [0.5, 0.6) is 0 Å². The summed E-state index contributed by atoms with van der Waals surface area (Å²) < 4.78 is 6.53. The molecule has 0 bridgehead atoms. The SMILES string of the molecule is c1cc(-c2ccc(N(c3ccc(-c4ccc5ccccc5c4)cc3)c3ccccc3-c3cc4c5ccccc5oc4c4ccccc34)cc2)cc(-c2cccc3ccccc23)c1. The van der Waals surface area contributed by atoms with Crippen LogP contribution < -0.4 is 4.90 Å². The monoisotopic (exact) mass is 789 g/mol. The Labute approximate surface area is 360 Å². The molecule has 12 aromatic rings. The number of benzene rings is 11. The molecule has 0 aliphatic heterocycles. The Morgan fingerprint density at radius 1 is 0.274 bits per heavy atom. The van der Waals surface area contributed by atoms with Crippen LogP contribution in [-0.4, -0.2) is 0 Å². The van der Waals surface area contributed by atoms with E-state index in [1.54, 1.807) is 0 Å². The lowest BCUT2D eigenvalue weighted by molar-refractivity contribution is 0.672. The molecule has 1 heterocycles. The molecular weight excluding hydrogens is 751 g/mol. The Balaban J connectivity index is 1.00. The molecule has 0 atom stereocenters. The summed E-state index contributed by atoms with van der Waals surface area (Å²) in [4.78, 5) is 2.41. The van der Waals surface area contributed by atoms with Gasteiger partial charge >= 0.3 is 0 Å². The van der Waals surface area contributed by atoms with Gasteiger partial charge in [-0.3, -0.25) is 0 Å². The first-order valence-corrected chi connectivity index (χ1v) is 21.2. The summed E-state index contributed by atoms with van der Waals surface area (Å²) in [6.07, 6.45) is 0. The van der Waals surface area contributed by atoms with Gasteiger partial charge in [-0.05, 0) is 120 Å².